The molecule has 0 atom stereocenters. The SMILES string of the molecule is Fc1cc[c]c(OCc2cc(F)c(F)cc2F)c1. The number of hydrogen-bond acceptors (Lipinski definition) is 1. The molecule has 0 aromatic heterocycles. The van der Waals surface area contributed by atoms with E-state index >= 15 is 0 Å². The third kappa shape index (κ3) is 2.80. The lowest BCUT2D eigenvalue weighted by atomic mass is 10.2. The van der Waals surface area contributed by atoms with E-state index in [1.165, 1.54) is 12.1 Å². The third-order valence-electron chi connectivity index (χ3n) is 2.21. The summed E-state index contributed by atoms with van der Waals surface area (Å²) in [5, 5.41) is 0. The topological polar surface area (TPSA) is 9.23 Å². The van der Waals surface area contributed by atoms with Crippen LogP contribution in [0.1, 0.15) is 5.56 Å². The molecule has 2 aromatic rings. The first-order chi connectivity index (χ1) is 8.56. The summed E-state index contributed by atoms with van der Waals surface area (Å²) in [4.78, 5) is 0. The fourth-order valence-electron chi connectivity index (χ4n) is 1.33. The van der Waals surface area contributed by atoms with Gasteiger partial charge in [0.05, 0.1) is 0 Å². The molecule has 0 aliphatic carbocycles. The smallest absolute Gasteiger partial charge is 0.161 e. The van der Waals surface area contributed by atoms with Crippen molar-refractivity contribution >= 4 is 0 Å². The van der Waals surface area contributed by atoms with E-state index in [1.54, 1.807) is 0 Å². The zero-order valence-corrected chi connectivity index (χ0v) is 9.01. The van der Waals surface area contributed by atoms with Crippen molar-refractivity contribution < 1.29 is 22.3 Å². The molecule has 0 N–H and O–H groups in total. The van der Waals surface area contributed by atoms with Gasteiger partial charge in [-0.2, -0.15) is 0 Å². The normalized spacial score (nSPS) is 10.4. The Morgan fingerprint density at radius 1 is 0.944 bits per heavy atom. The zero-order valence-electron chi connectivity index (χ0n) is 9.01. The minimum Gasteiger partial charge on any atom is -0.488 e. The molecule has 0 spiro atoms. The molecule has 0 saturated heterocycles. The van der Waals surface area contributed by atoms with E-state index in [4.69, 9.17) is 4.74 Å². The second-order valence-electron chi connectivity index (χ2n) is 3.52. The number of rotatable bonds is 3. The quantitative estimate of drug-likeness (QED) is 0.601. The molecule has 0 heterocycles. The molecule has 0 bridgehead atoms. The third-order valence-corrected chi connectivity index (χ3v) is 2.21. The van der Waals surface area contributed by atoms with Gasteiger partial charge >= 0.3 is 0 Å². The summed E-state index contributed by atoms with van der Waals surface area (Å²) >= 11 is 0. The molecule has 18 heavy (non-hydrogen) atoms. The molecule has 0 unspecified atom stereocenters. The largest absolute Gasteiger partial charge is 0.488 e. The number of benzene rings is 2. The van der Waals surface area contributed by atoms with Gasteiger partial charge < -0.3 is 4.74 Å². The van der Waals surface area contributed by atoms with Crippen molar-refractivity contribution in [3.05, 3.63) is 65.2 Å². The molecule has 0 aliphatic heterocycles. The van der Waals surface area contributed by atoms with Crippen molar-refractivity contribution in [1.82, 2.24) is 0 Å². The van der Waals surface area contributed by atoms with Crippen LogP contribution in [0, 0.1) is 29.3 Å². The van der Waals surface area contributed by atoms with Crippen LogP contribution in [0.4, 0.5) is 17.6 Å². The van der Waals surface area contributed by atoms with Gasteiger partial charge in [0.25, 0.3) is 0 Å². The monoisotopic (exact) mass is 255 g/mol. The second kappa shape index (κ2) is 5.08. The van der Waals surface area contributed by atoms with Crippen molar-refractivity contribution in [1.29, 1.82) is 0 Å². The summed E-state index contributed by atoms with van der Waals surface area (Å²) in [6.07, 6.45) is 0. The van der Waals surface area contributed by atoms with Crippen LogP contribution in [0.3, 0.4) is 0 Å². The Morgan fingerprint density at radius 2 is 1.67 bits per heavy atom. The summed E-state index contributed by atoms with van der Waals surface area (Å²) in [6, 6.07) is 7.23. The van der Waals surface area contributed by atoms with Crippen molar-refractivity contribution in [2.45, 2.75) is 6.61 Å². The minimum absolute atomic E-state index is 0.0548. The van der Waals surface area contributed by atoms with Crippen molar-refractivity contribution in [3.63, 3.8) is 0 Å². The predicted octanol–water partition coefficient (Wildman–Crippen LogP) is 3.62. The Hall–Kier alpha value is -2.04. The summed E-state index contributed by atoms with van der Waals surface area (Å²) in [6.45, 7) is -0.344. The number of ether oxygens (including phenoxy) is 1. The van der Waals surface area contributed by atoms with Gasteiger partial charge in [-0.25, -0.2) is 17.6 Å². The lowest BCUT2D eigenvalue weighted by Gasteiger charge is -2.07. The van der Waals surface area contributed by atoms with E-state index in [0.717, 1.165) is 6.07 Å². The summed E-state index contributed by atoms with van der Waals surface area (Å²) < 4.78 is 56.6. The fourth-order valence-corrected chi connectivity index (χ4v) is 1.33. The summed E-state index contributed by atoms with van der Waals surface area (Å²) in [7, 11) is 0. The first-order valence-corrected chi connectivity index (χ1v) is 5.00. The Kier molecular flexibility index (Phi) is 3.50. The van der Waals surface area contributed by atoms with Crippen molar-refractivity contribution in [2.24, 2.45) is 0 Å². The highest BCUT2D eigenvalue weighted by Gasteiger charge is 2.10. The van der Waals surface area contributed by atoms with Gasteiger partial charge in [-0.15, -0.1) is 0 Å². The first kappa shape index (κ1) is 12.4. The zero-order chi connectivity index (χ0) is 13.1. The van der Waals surface area contributed by atoms with Gasteiger partial charge in [0.2, 0.25) is 0 Å². The van der Waals surface area contributed by atoms with Crippen LogP contribution >= 0.6 is 0 Å². The number of hydrogen-bond donors (Lipinski definition) is 0. The van der Waals surface area contributed by atoms with Crippen LogP contribution < -0.4 is 4.74 Å². The molecule has 5 heteroatoms. The molecule has 0 aliphatic rings. The van der Waals surface area contributed by atoms with Crippen LogP contribution in [-0.4, -0.2) is 0 Å². The van der Waals surface area contributed by atoms with Crippen LogP contribution in [0.25, 0.3) is 0 Å². The van der Waals surface area contributed by atoms with E-state index < -0.39 is 23.3 Å². The fraction of sp³-hybridized carbons (Fsp3) is 0.0769. The molecule has 0 fully saturated rings. The van der Waals surface area contributed by atoms with Gasteiger partial charge in [-0.1, -0.05) is 0 Å². The standard InChI is InChI=1S/C13H7F4O/c14-9-2-1-3-10(5-9)18-7-8-4-12(16)13(17)6-11(8)15/h1-2,4-6H,7H2. The lowest BCUT2D eigenvalue weighted by molar-refractivity contribution is 0.296. The second-order valence-corrected chi connectivity index (χ2v) is 3.52. The maximum atomic E-state index is 13.2. The Bertz CT molecular complexity index is 569. The highest BCUT2D eigenvalue weighted by molar-refractivity contribution is 5.23. The summed E-state index contributed by atoms with van der Waals surface area (Å²) in [5.41, 5.74) is -0.161. The van der Waals surface area contributed by atoms with Gasteiger partial charge in [0.15, 0.2) is 11.6 Å². The highest BCUT2D eigenvalue weighted by atomic mass is 19.2. The molecule has 93 valence electrons. The van der Waals surface area contributed by atoms with Crippen LogP contribution in [0.5, 0.6) is 5.75 Å². The summed E-state index contributed by atoms with van der Waals surface area (Å²) in [5.74, 6) is -3.84. The molecular weight excluding hydrogens is 248 g/mol. The van der Waals surface area contributed by atoms with E-state index in [-0.39, 0.29) is 17.9 Å². The van der Waals surface area contributed by atoms with Gasteiger partial charge in [-0.3, -0.25) is 0 Å². The maximum Gasteiger partial charge on any atom is 0.161 e. The van der Waals surface area contributed by atoms with Gasteiger partial charge in [0, 0.05) is 23.8 Å². The van der Waals surface area contributed by atoms with Crippen LogP contribution in [0.2, 0.25) is 0 Å². The first-order valence-electron chi connectivity index (χ1n) is 5.00. The predicted molar refractivity (Wildman–Crippen MR) is 55.9 cm³/mol. The minimum atomic E-state index is -1.27. The Balaban J connectivity index is 2.13. The Morgan fingerprint density at radius 3 is 2.39 bits per heavy atom. The highest BCUT2D eigenvalue weighted by Crippen LogP contribution is 2.17. The van der Waals surface area contributed by atoms with Gasteiger partial charge in [0.1, 0.15) is 24.0 Å². The molecule has 0 saturated carbocycles. The van der Waals surface area contributed by atoms with Crippen molar-refractivity contribution in [3.8, 4) is 5.75 Å². The van der Waals surface area contributed by atoms with Gasteiger partial charge in [-0.05, 0) is 18.2 Å². The molecule has 1 radical (unpaired) electrons. The van der Waals surface area contributed by atoms with Crippen molar-refractivity contribution in [2.75, 3.05) is 0 Å². The molecule has 2 aromatic carbocycles. The molecule has 1 nitrogen and oxygen atoms in total. The van der Waals surface area contributed by atoms with E-state index in [1.807, 2.05) is 0 Å². The maximum absolute atomic E-state index is 13.2. The Labute approximate surface area is 101 Å². The average molecular weight is 255 g/mol. The van der Waals surface area contributed by atoms with Crippen LogP contribution in [-0.2, 0) is 6.61 Å². The molecule has 2 rings (SSSR count). The number of halogens is 4. The van der Waals surface area contributed by atoms with Crippen LogP contribution in [0.15, 0.2) is 30.3 Å². The average Bonchev–Trinajstić information content (AvgIpc) is 2.32. The molecule has 0 amide bonds. The van der Waals surface area contributed by atoms with E-state index in [2.05, 4.69) is 6.07 Å². The van der Waals surface area contributed by atoms with E-state index in [9.17, 15) is 17.6 Å². The lowest BCUT2D eigenvalue weighted by Crippen LogP contribution is -2.01. The molecular formula is C13H7F4O. The van der Waals surface area contributed by atoms with E-state index in [0.29, 0.717) is 12.1 Å².